The summed E-state index contributed by atoms with van der Waals surface area (Å²) in [5.41, 5.74) is 3.06. The van der Waals surface area contributed by atoms with E-state index in [9.17, 15) is 17.6 Å². The highest BCUT2D eigenvalue weighted by Crippen LogP contribution is 2.22. The van der Waals surface area contributed by atoms with E-state index in [2.05, 4.69) is 4.98 Å². The number of pyridine rings is 1. The summed E-state index contributed by atoms with van der Waals surface area (Å²) in [6.45, 7) is 0. The van der Waals surface area contributed by atoms with Crippen molar-refractivity contribution < 1.29 is 17.6 Å². The zero-order valence-corrected chi connectivity index (χ0v) is 5.69. The molecule has 0 aromatic carbocycles. The number of hydrogen-bond acceptors (Lipinski definition) is 2. The van der Waals surface area contributed by atoms with Crippen LogP contribution in [0.15, 0.2) is 6.07 Å². The van der Waals surface area contributed by atoms with E-state index in [1.807, 2.05) is 0 Å². The van der Waals surface area contributed by atoms with Gasteiger partial charge in [-0.25, -0.2) is 18.2 Å². The van der Waals surface area contributed by atoms with Gasteiger partial charge in [-0.2, -0.15) is 4.39 Å². The lowest BCUT2D eigenvalue weighted by atomic mass is 10.3. The molecule has 2 nitrogen and oxygen atoms in total. The third-order valence-electron chi connectivity index (χ3n) is 1.19. The van der Waals surface area contributed by atoms with Gasteiger partial charge in [0.15, 0.2) is 5.82 Å². The van der Waals surface area contributed by atoms with E-state index in [4.69, 9.17) is 5.73 Å². The lowest BCUT2D eigenvalue weighted by Gasteiger charge is -2.01. The summed E-state index contributed by atoms with van der Waals surface area (Å²) in [5.74, 6) is -2.59. The molecule has 0 atom stereocenters. The molecule has 0 aliphatic rings. The fourth-order valence-corrected chi connectivity index (χ4v) is 0.647. The van der Waals surface area contributed by atoms with Crippen molar-refractivity contribution >= 4 is 5.69 Å². The molecule has 1 heterocycles. The van der Waals surface area contributed by atoms with Crippen LogP contribution in [0.25, 0.3) is 0 Å². The molecule has 0 amide bonds. The molecule has 1 aromatic rings. The first-order chi connectivity index (χ1) is 5.52. The quantitative estimate of drug-likeness (QED) is 0.529. The number of aromatic nitrogens is 1. The number of anilines is 1. The molecule has 0 fully saturated rings. The monoisotopic (exact) mass is 180 g/mol. The first kappa shape index (κ1) is 8.76. The van der Waals surface area contributed by atoms with Gasteiger partial charge in [-0.1, -0.05) is 0 Å². The van der Waals surface area contributed by atoms with Gasteiger partial charge in [0.1, 0.15) is 5.69 Å². The average molecular weight is 180 g/mol. The minimum absolute atomic E-state index is 0.476. The zero-order valence-electron chi connectivity index (χ0n) is 5.69. The third-order valence-corrected chi connectivity index (χ3v) is 1.19. The van der Waals surface area contributed by atoms with Crippen LogP contribution in [0, 0.1) is 11.8 Å². The molecular formula is C6H4F4N2. The van der Waals surface area contributed by atoms with E-state index in [0.717, 1.165) is 0 Å². The molecule has 6 heteroatoms. The van der Waals surface area contributed by atoms with Crippen molar-refractivity contribution in [2.45, 2.75) is 6.43 Å². The number of halogens is 4. The Labute approximate surface area is 65.0 Å². The summed E-state index contributed by atoms with van der Waals surface area (Å²) in [6, 6.07) is 0.476. The molecule has 0 unspecified atom stereocenters. The van der Waals surface area contributed by atoms with Crippen LogP contribution in [0.1, 0.15) is 12.1 Å². The van der Waals surface area contributed by atoms with Gasteiger partial charge in [0.05, 0.1) is 5.69 Å². The number of hydrogen-bond donors (Lipinski definition) is 1. The molecule has 0 aliphatic heterocycles. The van der Waals surface area contributed by atoms with Crippen LogP contribution in [-0.4, -0.2) is 4.98 Å². The summed E-state index contributed by atoms with van der Waals surface area (Å²) >= 11 is 0. The Morgan fingerprint density at radius 3 is 2.42 bits per heavy atom. The predicted octanol–water partition coefficient (Wildman–Crippen LogP) is 1.88. The normalized spacial score (nSPS) is 10.8. The summed E-state index contributed by atoms with van der Waals surface area (Å²) in [5, 5.41) is 0. The number of alkyl halides is 2. The highest BCUT2D eigenvalue weighted by Gasteiger charge is 2.17. The van der Waals surface area contributed by atoms with Crippen LogP contribution in [0.2, 0.25) is 0 Å². The van der Waals surface area contributed by atoms with Crippen LogP contribution in [-0.2, 0) is 0 Å². The summed E-state index contributed by atoms with van der Waals surface area (Å²) in [6.07, 6.45) is -3.14. The van der Waals surface area contributed by atoms with Crippen molar-refractivity contribution in [1.82, 2.24) is 4.98 Å². The van der Waals surface area contributed by atoms with Gasteiger partial charge in [-0.15, -0.1) is 0 Å². The summed E-state index contributed by atoms with van der Waals surface area (Å²) < 4.78 is 48.5. The number of rotatable bonds is 1. The maximum absolute atomic E-state index is 12.5. The largest absolute Gasteiger partial charge is 0.395 e. The van der Waals surface area contributed by atoms with Crippen LogP contribution >= 0.6 is 0 Å². The van der Waals surface area contributed by atoms with Gasteiger partial charge in [0.2, 0.25) is 5.95 Å². The fourth-order valence-electron chi connectivity index (χ4n) is 0.647. The van der Waals surface area contributed by atoms with Gasteiger partial charge < -0.3 is 5.73 Å². The van der Waals surface area contributed by atoms with Crippen molar-refractivity contribution in [1.29, 1.82) is 0 Å². The number of nitrogens with zero attached hydrogens (tertiary/aromatic N) is 1. The molecule has 0 saturated heterocycles. The third kappa shape index (κ3) is 1.46. The Morgan fingerprint density at radius 2 is 1.92 bits per heavy atom. The Morgan fingerprint density at radius 1 is 1.33 bits per heavy atom. The molecule has 0 aliphatic carbocycles. The molecule has 1 aromatic heterocycles. The number of nitrogen functional groups attached to an aromatic ring is 1. The van der Waals surface area contributed by atoms with Gasteiger partial charge in [-0.05, 0) is 0 Å². The maximum atomic E-state index is 12.5. The first-order valence-corrected chi connectivity index (χ1v) is 2.92. The molecule has 1 rings (SSSR count). The van der Waals surface area contributed by atoms with Crippen molar-refractivity contribution in [2.75, 3.05) is 5.73 Å². The van der Waals surface area contributed by atoms with Crippen molar-refractivity contribution in [3.63, 3.8) is 0 Å². The fraction of sp³-hybridized carbons (Fsp3) is 0.167. The second-order valence-electron chi connectivity index (χ2n) is 2.04. The van der Waals surface area contributed by atoms with E-state index < -0.39 is 29.6 Å². The van der Waals surface area contributed by atoms with Crippen LogP contribution in [0.3, 0.4) is 0 Å². The minimum atomic E-state index is -3.14. The second kappa shape index (κ2) is 2.96. The molecule has 0 radical (unpaired) electrons. The summed E-state index contributed by atoms with van der Waals surface area (Å²) in [4.78, 5) is 2.66. The molecule has 0 saturated carbocycles. The molecule has 66 valence electrons. The summed E-state index contributed by atoms with van der Waals surface area (Å²) in [7, 11) is 0. The standard InChI is InChI=1S/C6H4F4N2/c7-2-1-3(11)6(10)12-4(2)5(8)9/h1,5H,11H2. The van der Waals surface area contributed by atoms with Gasteiger partial charge in [0.25, 0.3) is 6.43 Å². The number of nitrogens with two attached hydrogens (primary N) is 1. The van der Waals surface area contributed by atoms with Crippen LogP contribution in [0.5, 0.6) is 0 Å². The topological polar surface area (TPSA) is 38.9 Å². The highest BCUT2D eigenvalue weighted by atomic mass is 19.3. The van der Waals surface area contributed by atoms with Gasteiger partial charge in [0, 0.05) is 6.07 Å². The predicted molar refractivity (Wildman–Crippen MR) is 33.5 cm³/mol. The zero-order chi connectivity index (χ0) is 9.30. The lowest BCUT2D eigenvalue weighted by Crippen LogP contribution is -2.02. The van der Waals surface area contributed by atoms with Crippen LogP contribution in [0.4, 0.5) is 23.2 Å². The average Bonchev–Trinajstić information content (AvgIpc) is 1.96. The Kier molecular flexibility index (Phi) is 2.16. The molecule has 0 bridgehead atoms. The molecule has 0 spiro atoms. The second-order valence-corrected chi connectivity index (χ2v) is 2.04. The van der Waals surface area contributed by atoms with Crippen molar-refractivity contribution in [2.24, 2.45) is 0 Å². The van der Waals surface area contributed by atoms with Gasteiger partial charge >= 0.3 is 0 Å². The lowest BCUT2D eigenvalue weighted by molar-refractivity contribution is 0.139. The SMILES string of the molecule is Nc1cc(F)c(C(F)F)nc1F. The Hall–Kier alpha value is -1.33. The van der Waals surface area contributed by atoms with E-state index in [-0.39, 0.29) is 0 Å². The van der Waals surface area contributed by atoms with E-state index >= 15 is 0 Å². The molecule has 2 N–H and O–H groups in total. The van der Waals surface area contributed by atoms with Crippen LogP contribution < -0.4 is 5.73 Å². The minimum Gasteiger partial charge on any atom is -0.395 e. The smallest absolute Gasteiger partial charge is 0.283 e. The first-order valence-electron chi connectivity index (χ1n) is 2.92. The van der Waals surface area contributed by atoms with Crippen molar-refractivity contribution in [3.8, 4) is 0 Å². The maximum Gasteiger partial charge on any atom is 0.283 e. The molecule has 12 heavy (non-hydrogen) atoms. The van der Waals surface area contributed by atoms with Crippen molar-refractivity contribution in [3.05, 3.63) is 23.5 Å². The van der Waals surface area contributed by atoms with E-state index in [1.165, 1.54) is 0 Å². The van der Waals surface area contributed by atoms with Gasteiger partial charge in [-0.3, -0.25) is 0 Å². The van der Waals surface area contributed by atoms with E-state index in [0.29, 0.717) is 6.07 Å². The Balaban J connectivity index is 3.23. The Bertz CT molecular complexity index is 300. The van der Waals surface area contributed by atoms with E-state index in [1.54, 1.807) is 0 Å². The highest BCUT2D eigenvalue weighted by molar-refractivity contribution is 5.37. The molecular weight excluding hydrogens is 176 g/mol.